The highest BCUT2D eigenvalue weighted by Gasteiger charge is 2.04. The van der Waals surface area contributed by atoms with E-state index in [2.05, 4.69) is 15.5 Å². The molecule has 0 bridgehead atoms. The molecule has 0 aliphatic rings. The van der Waals surface area contributed by atoms with Crippen LogP contribution in [0.1, 0.15) is 0 Å². The summed E-state index contributed by atoms with van der Waals surface area (Å²) in [7, 11) is 0. The molecule has 1 amide bonds. The zero-order valence-electron chi connectivity index (χ0n) is 7.81. The second kappa shape index (κ2) is 4.28. The van der Waals surface area contributed by atoms with Crippen LogP contribution in [0.4, 0.5) is 10.5 Å². The second-order valence-corrected chi connectivity index (χ2v) is 2.81. The molecule has 1 aromatic carbocycles. The summed E-state index contributed by atoms with van der Waals surface area (Å²) in [6, 6.07) is 9.07. The van der Waals surface area contributed by atoms with Crippen LogP contribution in [0.3, 0.4) is 0 Å². The Morgan fingerprint density at radius 1 is 1.33 bits per heavy atom. The predicted molar refractivity (Wildman–Crippen MR) is 54.7 cm³/mol. The van der Waals surface area contributed by atoms with Gasteiger partial charge in [0.05, 0.1) is 12.4 Å². The van der Waals surface area contributed by atoms with Crippen molar-refractivity contribution in [3.05, 3.63) is 42.7 Å². The summed E-state index contributed by atoms with van der Waals surface area (Å²) in [5, 5.41) is 8.77. The van der Waals surface area contributed by atoms with Gasteiger partial charge in [0.15, 0.2) is 5.75 Å². The standard InChI is InChI=1S/C10H9N3O2/c14-10(15-9-6-11-12-7-9)13-8-4-2-1-3-5-8/h1-7H,(H,11,12)(H,13,14). The lowest BCUT2D eigenvalue weighted by atomic mass is 10.3. The smallest absolute Gasteiger partial charge is 0.407 e. The van der Waals surface area contributed by atoms with Gasteiger partial charge < -0.3 is 4.74 Å². The van der Waals surface area contributed by atoms with Crippen LogP contribution in [0, 0.1) is 0 Å². The van der Waals surface area contributed by atoms with Crippen molar-refractivity contribution < 1.29 is 9.53 Å². The Hall–Kier alpha value is -2.30. The molecular formula is C10H9N3O2. The number of H-pyrrole nitrogens is 1. The molecule has 0 saturated heterocycles. The van der Waals surface area contributed by atoms with E-state index in [-0.39, 0.29) is 0 Å². The van der Waals surface area contributed by atoms with Gasteiger partial charge >= 0.3 is 6.09 Å². The molecule has 0 aliphatic carbocycles. The number of hydrogen-bond acceptors (Lipinski definition) is 3. The number of benzene rings is 1. The summed E-state index contributed by atoms with van der Waals surface area (Å²) in [6.45, 7) is 0. The lowest BCUT2D eigenvalue weighted by molar-refractivity contribution is 0.215. The topological polar surface area (TPSA) is 67.0 Å². The maximum absolute atomic E-state index is 11.3. The van der Waals surface area contributed by atoms with Crippen LogP contribution in [-0.2, 0) is 0 Å². The highest BCUT2D eigenvalue weighted by molar-refractivity contribution is 5.86. The van der Waals surface area contributed by atoms with E-state index in [4.69, 9.17) is 4.74 Å². The van der Waals surface area contributed by atoms with Gasteiger partial charge in [-0.3, -0.25) is 10.4 Å². The first-order chi connectivity index (χ1) is 7.34. The predicted octanol–water partition coefficient (Wildman–Crippen LogP) is 2.02. The monoisotopic (exact) mass is 203 g/mol. The fourth-order valence-electron chi connectivity index (χ4n) is 1.07. The number of ether oxygens (including phenoxy) is 1. The van der Waals surface area contributed by atoms with Gasteiger partial charge in [-0.05, 0) is 12.1 Å². The van der Waals surface area contributed by atoms with Gasteiger partial charge in [-0.25, -0.2) is 4.79 Å². The lowest BCUT2D eigenvalue weighted by Crippen LogP contribution is -2.16. The van der Waals surface area contributed by atoms with Gasteiger partial charge in [-0.1, -0.05) is 18.2 Å². The van der Waals surface area contributed by atoms with Gasteiger partial charge in [-0.2, -0.15) is 5.10 Å². The number of nitrogens with one attached hydrogen (secondary N) is 2. The first-order valence-electron chi connectivity index (χ1n) is 4.37. The molecule has 2 rings (SSSR count). The minimum Gasteiger partial charge on any atom is -0.407 e. The van der Waals surface area contributed by atoms with Crippen LogP contribution in [-0.4, -0.2) is 16.3 Å². The molecular weight excluding hydrogens is 194 g/mol. The third kappa shape index (κ3) is 2.57. The Balaban J connectivity index is 1.94. The Kier molecular flexibility index (Phi) is 2.64. The first-order valence-corrected chi connectivity index (χ1v) is 4.37. The zero-order chi connectivity index (χ0) is 10.5. The van der Waals surface area contributed by atoms with Crippen LogP contribution in [0.25, 0.3) is 0 Å². The van der Waals surface area contributed by atoms with Gasteiger partial charge in [-0.15, -0.1) is 0 Å². The third-order valence-electron chi connectivity index (χ3n) is 1.70. The van der Waals surface area contributed by atoms with Gasteiger partial charge in [0.1, 0.15) is 0 Å². The number of para-hydroxylation sites is 1. The van der Waals surface area contributed by atoms with Crippen molar-refractivity contribution in [3.8, 4) is 5.75 Å². The number of aromatic amines is 1. The minimum atomic E-state index is -0.539. The average molecular weight is 203 g/mol. The maximum Gasteiger partial charge on any atom is 0.417 e. The van der Waals surface area contributed by atoms with Crippen molar-refractivity contribution in [1.82, 2.24) is 10.2 Å². The number of nitrogens with zero attached hydrogens (tertiary/aromatic N) is 1. The van der Waals surface area contributed by atoms with Gasteiger partial charge in [0, 0.05) is 5.69 Å². The molecule has 0 aliphatic heterocycles. The van der Waals surface area contributed by atoms with Crippen molar-refractivity contribution in [2.75, 3.05) is 5.32 Å². The van der Waals surface area contributed by atoms with E-state index in [0.717, 1.165) is 0 Å². The number of carbonyl (C=O) groups is 1. The summed E-state index contributed by atoms with van der Waals surface area (Å²) in [6.07, 6.45) is 2.37. The second-order valence-electron chi connectivity index (χ2n) is 2.81. The number of amides is 1. The SMILES string of the molecule is O=C(Nc1ccccc1)Oc1cn[nH]c1. The maximum atomic E-state index is 11.3. The molecule has 76 valence electrons. The summed E-state index contributed by atoms with van der Waals surface area (Å²) in [5.74, 6) is 0.378. The molecule has 15 heavy (non-hydrogen) atoms. The highest BCUT2D eigenvalue weighted by Crippen LogP contribution is 2.08. The molecule has 2 N–H and O–H groups in total. The number of rotatable bonds is 2. The van der Waals surface area contributed by atoms with E-state index in [1.165, 1.54) is 12.4 Å². The number of aromatic nitrogens is 2. The van der Waals surface area contributed by atoms with E-state index in [0.29, 0.717) is 11.4 Å². The van der Waals surface area contributed by atoms with E-state index in [1.54, 1.807) is 12.1 Å². The summed E-state index contributed by atoms with van der Waals surface area (Å²) in [5.41, 5.74) is 0.686. The molecule has 0 spiro atoms. The van der Waals surface area contributed by atoms with E-state index in [9.17, 15) is 4.79 Å². The molecule has 0 fully saturated rings. The van der Waals surface area contributed by atoms with E-state index >= 15 is 0 Å². The van der Waals surface area contributed by atoms with Crippen molar-refractivity contribution >= 4 is 11.8 Å². The van der Waals surface area contributed by atoms with Crippen molar-refractivity contribution in [3.63, 3.8) is 0 Å². The molecule has 0 saturated carbocycles. The molecule has 1 aromatic heterocycles. The van der Waals surface area contributed by atoms with E-state index in [1.807, 2.05) is 18.2 Å². The Labute approximate surface area is 86.1 Å². The van der Waals surface area contributed by atoms with Crippen LogP contribution in [0.5, 0.6) is 5.75 Å². The van der Waals surface area contributed by atoms with Crippen LogP contribution < -0.4 is 10.1 Å². The first kappa shape index (κ1) is 9.26. The summed E-state index contributed by atoms with van der Waals surface area (Å²) < 4.78 is 4.91. The lowest BCUT2D eigenvalue weighted by Gasteiger charge is -2.03. The zero-order valence-corrected chi connectivity index (χ0v) is 7.81. The molecule has 5 nitrogen and oxygen atoms in total. The quantitative estimate of drug-likeness (QED) is 0.784. The Morgan fingerprint density at radius 3 is 2.80 bits per heavy atom. The van der Waals surface area contributed by atoms with Gasteiger partial charge in [0.2, 0.25) is 0 Å². The van der Waals surface area contributed by atoms with Crippen molar-refractivity contribution in [1.29, 1.82) is 0 Å². The molecule has 2 aromatic rings. The number of anilines is 1. The van der Waals surface area contributed by atoms with Crippen LogP contribution in [0.2, 0.25) is 0 Å². The summed E-state index contributed by atoms with van der Waals surface area (Å²) in [4.78, 5) is 11.3. The molecule has 1 heterocycles. The Bertz CT molecular complexity index is 425. The number of hydrogen-bond donors (Lipinski definition) is 2. The Morgan fingerprint density at radius 2 is 2.13 bits per heavy atom. The number of carbonyl (C=O) groups excluding carboxylic acids is 1. The molecule has 5 heteroatoms. The molecule has 0 unspecified atom stereocenters. The minimum absolute atomic E-state index is 0.378. The largest absolute Gasteiger partial charge is 0.417 e. The van der Waals surface area contributed by atoms with Crippen molar-refractivity contribution in [2.45, 2.75) is 0 Å². The van der Waals surface area contributed by atoms with Gasteiger partial charge in [0.25, 0.3) is 0 Å². The van der Waals surface area contributed by atoms with E-state index < -0.39 is 6.09 Å². The average Bonchev–Trinajstić information content (AvgIpc) is 2.71. The molecule has 0 atom stereocenters. The molecule has 0 radical (unpaired) electrons. The fourth-order valence-corrected chi connectivity index (χ4v) is 1.07. The van der Waals surface area contributed by atoms with Crippen LogP contribution in [0.15, 0.2) is 42.7 Å². The normalized spacial score (nSPS) is 9.60. The van der Waals surface area contributed by atoms with Crippen molar-refractivity contribution in [2.24, 2.45) is 0 Å². The fraction of sp³-hybridized carbons (Fsp3) is 0. The summed E-state index contributed by atoms with van der Waals surface area (Å²) >= 11 is 0. The third-order valence-corrected chi connectivity index (χ3v) is 1.70. The van der Waals surface area contributed by atoms with Crippen LogP contribution >= 0.6 is 0 Å². The highest BCUT2D eigenvalue weighted by atomic mass is 16.6.